The maximum absolute atomic E-state index is 13.1. The lowest BCUT2D eigenvalue weighted by Crippen LogP contribution is -2.60. The van der Waals surface area contributed by atoms with Crippen LogP contribution in [0.3, 0.4) is 0 Å². The number of aliphatic hydroxyl groups excluding tert-OH is 7. The molecule has 1 heterocycles. The topological polar surface area (TPSA) is 189 Å². The first-order chi connectivity index (χ1) is 28.7. The van der Waals surface area contributed by atoms with E-state index in [1.807, 2.05) is 0 Å². The highest BCUT2D eigenvalue weighted by atomic mass is 16.7. The van der Waals surface area contributed by atoms with E-state index in [-0.39, 0.29) is 6.42 Å². The molecule has 59 heavy (non-hydrogen) atoms. The summed E-state index contributed by atoms with van der Waals surface area (Å²) in [5.41, 5.74) is 0. The smallest absolute Gasteiger partial charge is 0.249 e. The maximum atomic E-state index is 13.1. The van der Waals surface area contributed by atoms with Crippen LogP contribution in [0.1, 0.15) is 219 Å². The van der Waals surface area contributed by atoms with E-state index < -0.39 is 74.2 Å². The SMILES string of the molecule is CCCCCCCCCCC/C=C\CCCCCCC(O)C(=O)NC(COC1OC(CO)C(O)C(O)C1O)C(O)C(O)CCCCCCCCCCCCCCCCC. The van der Waals surface area contributed by atoms with Crippen molar-refractivity contribution in [2.24, 2.45) is 0 Å². The van der Waals surface area contributed by atoms with Crippen LogP contribution in [0, 0.1) is 0 Å². The largest absolute Gasteiger partial charge is 0.394 e. The van der Waals surface area contributed by atoms with Crippen LogP contribution < -0.4 is 5.32 Å². The molecule has 0 spiro atoms. The Morgan fingerprint density at radius 2 is 0.983 bits per heavy atom. The molecule has 0 saturated carbocycles. The zero-order valence-electron chi connectivity index (χ0n) is 37.7. The number of rotatable bonds is 41. The molecule has 1 aliphatic rings. The molecule has 350 valence electrons. The van der Waals surface area contributed by atoms with Gasteiger partial charge in [-0.05, 0) is 38.5 Å². The molecular weight excluding hydrogens is 751 g/mol. The summed E-state index contributed by atoms with van der Waals surface area (Å²) in [6, 6.07) is -1.17. The highest BCUT2D eigenvalue weighted by Gasteiger charge is 2.44. The van der Waals surface area contributed by atoms with Crippen molar-refractivity contribution in [2.75, 3.05) is 13.2 Å². The van der Waals surface area contributed by atoms with Crippen molar-refractivity contribution in [3.05, 3.63) is 12.2 Å². The molecule has 9 unspecified atom stereocenters. The van der Waals surface area contributed by atoms with Gasteiger partial charge in [0.15, 0.2) is 6.29 Å². The van der Waals surface area contributed by atoms with Gasteiger partial charge in [0.25, 0.3) is 0 Å². The Kier molecular flexibility index (Phi) is 36.5. The average molecular weight is 844 g/mol. The van der Waals surface area contributed by atoms with Gasteiger partial charge in [0, 0.05) is 0 Å². The lowest BCUT2D eigenvalue weighted by molar-refractivity contribution is -0.303. The second-order valence-electron chi connectivity index (χ2n) is 17.5. The van der Waals surface area contributed by atoms with E-state index in [2.05, 4.69) is 31.3 Å². The fourth-order valence-corrected chi connectivity index (χ4v) is 7.96. The summed E-state index contributed by atoms with van der Waals surface area (Å²) >= 11 is 0. The van der Waals surface area contributed by atoms with E-state index in [1.165, 1.54) is 128 Å². The molecule has 9 atom stereocenters. The standard InChI is InChI=1S/C48H93NO10/c1-3-5-7-9-11-13-15-17-19-20-22-24-26-28-30-32-34-36-41(52)47(57)49-39(38-58-48-46(56)45(55)44(54)42(37-50)59-48)43(53)40(51)35-33-31-29-27-25-23-21-18-16-14-12-10-8-6-4-2/h22,24,39-46,48,50-56H,3-21,23,25-38H2,1-2H3,(H,49,57)/b24-22-. The molecule has 1 fully saturated rings. The lowest BCUT2D eigenvalue weighted by Gasteiger charge is -2.40. The molecule has 0 aromatic heterocycles. The Balaban J connectivity index is 2.43. The van der Waals surface area contributed by atoms with Crippen molar-refractivity contribution in [1.82, 2.24) is 5.32 Å². The molecule has 8 N–H and O–H groups in total. The van der Waals surface area contributed by atoms with Crippen LogP contribution in [-0.2, 0) is 14.3 Å². The molecule has 0 aromatic rings. The van der Waals surface area contributed by atoms with E-state index >= 15 is 0 Å². The molecule has 11 heteroatoms. The molecule has 1 saturated heterocycles. The van der Waals surface area contributed by atoms with Gasteiger partial charge in [-0.1, -0.05) is 193 Å². The molecular formula is C48H93NO10. The first-order valence-corrected chi connectivity index (χ1v) is 24.6. The highest BCUT2D eigenvalue weighted by Crippen LogP contribution is 2.23. The van der Waals surface area contributed by atoms with E-state index in [0.29, 0.717) is 19.3 Å². The summed E-state index contributed by atoms with van der Waals surface area (Å²) in [4.78, 5) is 13.1. The third-order valence-corrected chi connectivity index (χ3v) is 12.1. The first-order valence-electron chi connectivity index (χ1n) is 24.6. The van der Waals surface area contributed by atoms with E-state index in [0.717, 1.165) is 51.4 Å². The van der Waals surface area contributed by atoms with Crippen LogP contribution >= 0.6 is 0 Å². The Bertz CT molecular complexity index is 970. The second kappa shape index (κ2) is 38.5. The number of carbonyl (C=O) groups excluding carboxylic acids is 1. The third-order valence-electron chi connectivity index (χ3n) is 12.1. The summed E-state index contributed by atoms with van der Waals surface area (Å²) in [6.07, 6.45) is 29.6. The number of ether oxygens (including phenoxy) is 2. The van der Waals surface area contributed by atoms with Crippen LogP contribution in [0.25, 0.3) is 0 Å². The van der Waals surface area contributed by atoms with E-state index in [4.69, 9.17) is 9.47 Å². The summed E-state index contributed by atoms with van der Waals surface area (Å²) in [5.74, 6) is -0.704. The average Bonchev–Trinajstić information content (AvgIpc) is 3.23. The highest BCUT2D eigenvalue weighted by molar-refractivity contribution is 5.80. The van der Waals surface area contributed by atoms with Crippen molar-refractivity contribution >= 4 is 5.91 Å². The summed E-state index contributed by atoms with van der Waals surface area (Å²) in [5, 5.41) is 75.8. The number of hydrogen-bond donors (Lipinski definition) is 8. The Hall–Kier alpha value is -1.15. The predicted molar refractivity (Wildman–Crippen MR) is 238 cm³/mol. The van der Waals surface area contributed by atoms with Crippen LogP contribution in [-0.4, -0.2) is 110 Å². The Labute approximate surface area is 360 Å². The van der Waals surface area contributed by atoms with Crippen molar-refractivity contribution in [3.8, 4) is 0 Å². The van der Waals surface area contributed by atoms with Gasteiger partial charge in [0.05, 0.1) is 25.4 Å². The molecule has 1 rings (SSSR count). The molecule has 1 amide bonds. The number of unbranched alkanes of at least 4 members (excludes halogenated alkanes) is 27. The summed E-state index contributed by atoms with van der Waals surface area (Å²) in [7, 11) is 0. The summed E-state index contributed by atoms with van der Waals surface area (Å²) < 4.78 is 11.1. The van der Waals surface area contributed by atoms with E-state index in [1.54, 1.807) is 0 Å². The normalized spacial score (nSPS) is 21.8. The van der Waals surface area contributed by atoms with Gasteiger partial charge in [-0.25, -0.2) is 0 Å². The zero-order valence-corrected chi connectivity index (χ0v) is 37.7. The molecule has 1 aliphatic heterocycles. The number of hydrogen-bond acceptors (Lipinski definition) is 10. The quantitative estimate of drug-likeness (QED) is 0.0219. The molecule has 11 nitrogen and oxygen atoms in total. The minimum absolute atomic E-state index is 0.248. The van der Waals surface area contributed by atoms with Gasteiger partial charge in [-0.15, -0.1) is 0 Å². The minimum atomic E-state index is -1.66. The van der Waals surface area contributed by atoms with Crippen molar-refractivity contribution in [1.29, 1.82) is 0 Å². The van der Waals surface area contributed by atoms with Gasteiger partial charge >= 0.3 is 0 Å². The van der Waals surface area contributed by atoms with Gasteiger partial charge < -0.3 is 50.5 Å². The van der Waals surface area contributed by atoms with Crippen LogP contribution in [0.2, 0.25) is 0 Å². The van der Waals surface area contributed by atoms with Crippen LogP contribution in [0.15, 0.2) is 12.2 Å². The van der Waals surface area contributed by atoms with E-state index in [9.17, 15) is 40.5 Å². The lowest BCUT2D eigenvalue weighted by atomic mass is 9.98. The monoisotopic (exact) mass is 844 g/mol. The number of carbonyl (C=O) groups is 1. The summed E-state index contributed by atoms with van der Waals surface area (Å²) in [6.45, 7) is 3.45. The van der Waals surface area contributed by atoms with Gasteiger partial charge in [0.1, 0.15) is 36.6 Å². The Morgan fingerprint density at radius 3 is 1.42 bits per heavy atom. The van der Waals surface area contributed by atoms with Crippen molar-refractivity contribution < 1.29 is 50.0 Å². The van der Waals surface area contributed by atoms with Gasteiger partial charge in [0.2, 0.25) is 5.91 Å². The molecule has 0 bridgehead atoms. The molecule has 0 aliphatic carbocycles. The van der Waals surface area contributed by atoms with Crippen LogP contribution in [0.5, 0.6) is 0 Å². The van der Waals surface area contributed by atoms with Crippen molar-refractivity contribution in [2.45, 2.75) is 274 Å². The number of amides is 1. The number of aliphatic hydroxyl groups is 7. The maximum Gasteiger partial charge on any atom is 0.249 e. The zero-order chi connectivity index (χ0) is 43.4. The molecule has 0 radical (unpaired) electrons. The van der Waals surface area contributed by atoms with Crippen LogP contribution in [0.4, 0.5) is 0 Å². The third kappa shape index (κ3) is 28.2. The van der Waals surface area contributed by atoms with Crippen molar-refractivity contribution in [3.63, 3.8) is 0 Å². The number of allylic oxidation sites excluding steroid dienone is 2. The predicted octanol–water partition coefficient (Wildman–Crippen LogP) is 8.45. The molecule has 0 aromatic carbocycles. The fourth-order valence-electron chi connectivity index (χ4n) is 7.96. The fraction of sp³-hybridized carbons (Fsp3) is 0.938. The van der Waals surface area contributed by atoms with Gasteiger partial charge in [-0.2, -0.15) is 0 Å². The first kappa shape index (κ1) is 55.9. The van der Waals surface area contributed by atoms with Gasteiger partial charge in [-0.3, -0.25) is 4.79 Å². The number of nitrogens with one attached hydrogen (secondary N) is 1. The Morgan fingerprint density at radius 1 is 0.576 bits per heavy atom. The minimum Gasteiger partial charge on any atom is -0.394 e. The second-order valence-corrected chi connectivity index (χ2v) is 17.5.